The summed E-state index contributed by atoms with van der Waals surface area (Å²) in [5, 5.41) is 15.5. The molecule has 2 aromatic heterocycles. The van der Waals surface area contributed by atoms with E-state index in [0.717, 1.165) is 32.4 Å². The Kier molecular flexibility index (Phi) is 5.02. The van der Waals surface area contributed by atoms with Crippen molar-refractivity contribution in [2.75, 3.05) is 5.32 Å². The third kappa shape index (κ3) is 3.71. The fourth-order valence-corrected chi connectivity index (χ4v) is 4.62. The molecule has 0 spiro atoms. The lowest BCUT2D eigenvalue weighted by Crippen LogP contribution is -2.04. The highest BCUT2D eigenvalue weighted by atomic mass is 35.5. The maximum atomic E-state index is 11.7. The number of nitrogens with one attached hydrogen (secondary N) is 1. The van der Waals surface area contributed by atoms with Crippen LogP contribution in [0.2, 0.25) is 5.02 Å². The summed E-state index contributed by atoms with van der Waals surface area (Å²) in [6.07, 6.45) is 3.80. The molecule has 5 aromatic rings. The molecule has 5 rings (SSSR count). The van der Waals surface area contributed by atoms with Crippen molar-refractivity contribution in [3.63, 3.8) is 0 Å². The number of hydrogen-bond acceptors (Lipinski definition) is 4. The van der Waals surface area contributed by atoms with Crippen LogP contribution in [-0.4, -0.2) is 20.0 Å². The lowest BCUT2D eigenvalue weighted by atomic mass is 10.1. The van der Waals surface area contributed by atoms with E-state index in [9.17, 15) is 9.90 Å². The van der Waals surface area contributed by atoms with E-state index < -0.39 is 5.97 Å². The van der Waals surface area contributed by atoms with Crippen molar-refractivity contribution in [3.8, 4) is 0 Å². The van der Waals surface area contributed by atoms with Crippen molar-refractivity contribution >= 4 is 62.7 Å². The van der Waals surface area contributed by atoms with Crippen LogP contribution in [0.5, 0.6) is 0 Å². The van der Waals surface area contributed by atoms with Crippen LogP contribution in [0.1, 0.15) is 10.4 Å². The van der Waals surface area contributed by atoms with Gasteiger partial charge < -0.3 is 10.4 Å². The molecule has 0 aliphatic heterocycles. The minimum Gasteiger partial charge on any atom is -0.478 e. The molecule has 0 aliphatic rings. The number of carbonyl (C=O) groups is 1. The maximum Gasteiger partial charge on any atom is 0.337 e. The number of nitrogens with zero attached hydrogens (tertiary/aromatic N) is 2. The second-order valence-electron chi connectivity index (χ2n) is 6.93. The molecule has 0 bridgehead atoms. The molecule has 0 amide bonds. The summed E-state index contributed by atoms with van der Waals surface area (Å²) in [4.78, 5) is 17.2. The summed E-state index contributed by atoms with van der Waals surface area (Å²) < 4.78 is 2.07. The number of hydrogen-bond donors (Lipinski definition) is 2. The van der Waals surface area contributed by atoms with Gasteiger partial charge >= 0.3 is 5.97 Å². The van der Waals surface area contributed by atoms with Gasteiger partial charge in [-0.1, -0.05) is 41.9 Å². The first-order valence-electron chi connectivity index (χ1n) is 9.52. The fourth-order valence-electron chi connectivity index (χ4n) is 3.50. The van der Waals surface area contributed by atoms with Crippen LogP contribution >= 0.6 is 23.5 Å². The van der Waals surface area contributed by atoms with Gasteiger partial charge in [-0.2, -0.15) is 0 Å². The van der Waals surface area contributed by atoms with E-state index in [4.69, 9.17) is 11.6 Å². The molecule has 0 radical (unpaired) electrons. The number of aromatic carboxylic acids is 1. The number of pyridine rings is 1. The highest BCUT2D eigenvalue weighted by Gasteiger charge is 2.16. The summed E-state index contributed by atoms with van der Waals surface area (Å²) in [6, 6.07) is 22.5. The van der Waals surface area contributed by atoms with Gasteiger partial charge in [0.05, 0.1) is 32.9 Å². The number of benzene rings is 3. The highest BCUT2D eigenvalue weighted by molar-refractivity contribution is 7.98. The van der Waals surface area contributed by atoms with Crippen LogP contribution in [0.4, 0.5) is 11.4 Å². The molecule has 2 N–H and O–H groups in total. The van der Waals surface area contributed by atoms with E-state index in [1.807, 2.05) is 30.5 Å². The van der Waals surface area contributed by atoms with E-state index >= 15 is 0 Å². The van der Waals surface area contributed by atoms with Crippen molar-refractivity contribution in [1.29, 1.82) is 0 Å². The van der Waals surface area contributed by atoms with Crippen LogP contribution in [0, 0.1) is 0 Å². The number of carboxylic acid groups (broad SMARTS) is 1. The van der Waals surface area contributed by atoms with Gasteiger partial charge in [0, 0.05) is 28.2 Å². The van der Waals surface area contributed by atoms with Gasteiger partial charge in [0.1, 0.15) is 0 Å². The first kappa shape index (κ1) is 19.5. The second kappa shape index (κ2) is 7.98. The van der Waals surface area contributed by atoms with Gasteiger partial charge in [0.15, 0.2) is 0 Å². The molecule has 0 saturated carbocycles. The number of halogens is 1. The molecule has 7 heteroatoms. The molecular weight excluding hydrogens is 430 g/mol. The number of rotatable bonds is 5. The zero-order valence-corrected chi connectivity index (χ0v) is 17.7. The fraction of sp³-hybridized carbons (Fsp3) is 0. The molecule has 0 aliphatic carbocycles. The van der Waals surface area contributed by atoms with Gasteiger partial charge in [0.2, 0.25) is 0 Å². The largest absolute Gasteiger partial charge is 0.478 e. The van der Waals surface area contributed by atoms with Crippen molar-refractivity contribution in [3.05, 3.63) is 95.8 Å². The van der Waals surface area contributed by atoms with Gasteiger partial charge in [-0.15, -0.1) is 0 Å². The Morgan fingerprint density at radius 2 is 1.84 bits per heavy atom. The molecule has 0 saturated heterocycles. The van der Waals surface area contributed by atoms with Crippen LogP contribution < -0.4 is 5.32 Å². The predicted octanol–water partition coefficient (Wildman–Crippen LogP) is 6.84. The lowest BCUT2D eigenvalue weighted by Gasteiger charge is -2.16. The van der Waals surface area contributed by atoms with Crippen LogP contribution in [0.3, 0.4) is 0 Å². The molecule has 2 heterocycles. The van der Waals surface area contributed by atoms with Crippen molar-refractivity contribution < 1.29 is 9.90 Å². The van der Waals surface area contributed by atoms with Gasteiger partial charge in [-0.25, -0.2) is 4.79 Å². The molecule has 3 aromatic carbocycles. The second-order valence-corrected chi connectivity index (χ2v) is 8.38. The summed E-state index contributed by atoms with van der Waals surface area (Å²) in [5.41, 5.74) is 3.29. The Morgan fingerprint density at radius 1 is 1.03 bits per heavy atom. The Balaban J connectivity index is 1.67. The molecule has 5 nitrogen and oxygen atoms in total. The Hall–Kier alpha value is -3.48. The van der Waals surface area contributed by atoms with Gasteiger partial charge in [-0.05, 0) is 54.4 Å². The number of anilines is 2. The molecule has 0 unspecified atom stereocenters. The summed E-state index contributed by atoms with van der Waals surface area (Å²) in [6.45, 7) is 0. The topological polar surface area (TPSA) is 67.2 Å². The number of para-hydroxylation sites is 2. The normalized spacial score (nSPS) is 11.1. The van der Waals surface area contributed by atoms with Crippen LogP contribution in [-0.2, 0) is 0 Å². The zero-order valence-electron chi connectivity index (χ0n) is 16.1. The standard InChI is InChI=1S/C24H16ClN3O2S/c25-16-9-10-19-18(13-16)23(27-20-7-3-2-6-17(20)24(29)30)22(14-26-19)31-28-12-11-15-5-1-4-8-21(15)28/h1-14H,(H,26,27)(H,29,30). The molecular formula is C24H16ClN3O2S. The van der Waals surface area contributed by atoms with E-state index in [0.29, 0.717) is 10.7 Å². The number of carboxylic acids is 1. The lowest BCUT2D eigenvalue weighted by molar-refractivity contribution is 0.0698. The minimum atomic E-state index is -0.995. The Labute approximate surface area is 187 Å². The number of aromatic nitrogens is 2. The van der Waals surface area contributed by atoms with Crippen molar-refractivity contribution in [1.82, 2.24) is 8.96 Å². The molecule has 0 fully saturated rings. The van der Waals surface area contributed by atoms with E-state index in [1.165, 1.54) is 11.9 Å². The Bertz CT molecular complexity index is 1450. The van der Waals surface area contributed by atoms with Crippen molar-refractivity contribution in [2.24, 2.45) is 0 Å². The quantitative estimate of drug-likeness (QED) is 0.310. The summed E-state index contributed by atoms with van der Waals surface area (Å²) >= 11 is 7.79. The smallest absolute Gasteiger partial charge is 0.337 e. The SMILES string of the molecule is O=C(O)c1ccccc1Nc1c(Sn2ccc3ccccc32)cnc2ccc(Cl)cc12. The van der Waals surface area contributed by atoms with E-state index in [1.54, 1.807) is 36.5 Å². The monoisotopic (exact) mass is 445 g/mol. The zero-order chi connectivity index (χ0) is 21.4. The molecule has 31 heavy (non-hydrogen) atoms. The third-order valence-electron chi connectivity index (χ3n) is 4.97. The maximum absolute atomic E-state index is 11.7. The number of fused-ring (bicyclic) bond motifs is 2. The average molecular weight is 446 g/mol. The highest BCUT2D eigenvalue weighted by Crippen LogP contribution is 2.38. The van der Waals surface area contributed by atoms with Crippen LogP contribution in [0.25, 0.3) is 21.8 Å². The molecule has 152 valence electrons. The summed E-state index contributed by atoms with van der Waals surface area (Å²) in [5.74, 6) is -0.995. The van der Waals surface area contributed by atoms with E-state index in [-0.39, 0.29) is 5.56 Å². The first-order valence-corrected chi connectivity index (χ1v) is 10.7. The third-order valence-corrected chi connectivity index (χ3v) is 6.23. The molecule has 0 atom stereocenters. The predicted molar refractivity (Wildman–Crippen MR) is 127 cm³/mol. The van der Waals surface area contributed by atoms with Gasteiger partial charge in [0.25, 0.3) is 0 Å². The van der Waals surface area contributed by atoms with Gasteiger partial charge in [-0.3, -0.25) is 8.96 Å². The van der Waals surface area contributed by atoms with E-state index in [2.05, 4.69) is 32.5 Å². The van der Waals surface area contributed by atoms with Crippen molar-refractivity contribution in [2.45, 2.75) is 4.90 Å². The Morgan fingerprint density at radius 3 is 2.71 bits per heavy atom. The minimum absolute atomic E-state index is 0.192. The average Bonchev–Trinajstić information content (AvgIpc) is 3.18. The van der Waals surface area contributed by atoms with Crippen LogP contribution in [0.15, 0.2) is 90.1 Å². The summed E-state index contributed by atoms with van der Waals surface area (Å²) in [7, 11) is 0. The first-order chi connectivity index (χ1) is 15.1.